The van der Waals surface area contributed by atoms with Gasteiger partial charge in [0.1, 0.15) is 4.90 Å². The fourth-order valence-corrected chi connectivity index (χ4v) is 3.03. The van der Waals surface area contributed by atoms with Gasteiger partial charge in [0.15, 0.2) is 0 Å². The Bertz CT molecular complexity index is 526. The first-order valence-corrected chi connectivity index (χ1v) is 8.78. The maximum absolute atomic E-state index is 12.2. The molecule has 21 heavy (non-hydrogen) atoms. The van der Waals surface area contributed by atoms with E-state index in [-0.39, 0.29) is 10.3 Å². The van der Waals surface area contributed by atoms with Crippen LogP contribution in [0.4, 0.5) is 5.95 Å². The first-order valence-electron chi connectivity index (χ1n) is 7.30. The highest BCUT2D eigenvalue weighted by Gasteiger charge is 2.22. The fraction of sp³-hybridized carbons (Fsp3) is 0.714. The summed E-state index contributed by atoms with van der Waals surface area (Å²) in [5.74, 6) is 0.397. The Kier molecular flexibility index (Phi) is 6.54. The summed E-state index contributed by atoms with van der Waals surface area (Å²) < 4.78 is 27.0. The molecule has 7 heteroatoms. The van der Waals surface area contributed by atoms with Crippen molar-refractivity contribution in [2.24, 2.45) is 5.41 Å². The highest BCUT2D eigenvalue weighted by atomic mass is 32.2. The molecule has 0 aliphatic rings. The number of hydrogen-bond acceptors (Lipinski definition) is 5. The van der Waals surface area contributed by atoms with Gasteiger partial charge >= 0.3 is 0 Å². The molecule has 1 aromatic rings. The Morgan fingerprint density at radius 2 is 1.81 bits per heavy atom. The van der Waals surface area contributed by atoms with Crippen LogP contribution in [-0.2, 0) is 10.0 Å². The maximum atomic E-state index is 12.2. The van der Waals surface area contributed by atoms with Crippen LogP contribution in [0.2, 0.25) is 0 Å². The summed E-state index contributed by atoms with van der Waals surface area (Å²) in [4.78, 5) is 7.94. The zero-order valence-corrected chi connectivity index (χ0v) is 14.1. The molecule has 1 heterocycles. The SMILES string of the molecule is CCCCCC(C)(C)CNS(=O)(=O)c1cnc(NC)nc1. The predicted octanol–water partition coefficient (Wildman–Crippen LogP) is 2.40. The van der Waals surface area contributed by atoms with Crippen LogP contribution in [0, 0.1) is 5.41 Å². The van der Waals surface area contributed by atoms with E-state index in [4.69, 9.17) is 0 Å². The Hall–Kier alpha value is -1.21. The van der Waals surface area contributed by atoms with Gasteiger partial charge in [-0.25, -0.2) is 23.1 Å². The van der Waals surface area contributed by atoms with Gasteiger partial charge in [0, 0.05) is 13.6 Å². The largest absolute Gasteiger partial charge is 0.357 e. The van der Waals surface area contributed by atoms with Crippen LogP contribution in [0.25, 0.3) is 0 Å². The van der Waals surface area contributed by atoms with Gasteiger partial charge in [-0.15, -0.1) is 0 Å². The van der Waals surface area contributed by atoms with Crippen LogP contribution in [0.5, 0.6) is 0 Å². The molecule has 0 fully saturated rings. The zero-order chi connectivity index (χ0) is 15.9. The highest BCUT2D eigenvalue weighted by molar-refractivity contribution is 7.89. The number of unbranched alkanes of at least 4 members (excludes halogenated alkanes) is 2. The Labute approximate surface area is 127 Å². The molecule has 0 saturated heterocycles. The molecule has 0 amide bonds. The second-order valence-electron chi connectivity index (χ2n) is 5.94. The molecular weight excluding hydrogens is 288 g/mol. The first kappa shape index (κ1) is 17.8. The maximum Gasteiger partial charge on any atom is 0.243 e. The summed E-state index contributed by atoms with van der Waals surface area (Å²) in [7, 11) is -1.87. The van der Waals surface area contributed by atoms with E-state index in [9.17, 15) is 8.42 Å². The Morgan fingerprint density at radius 1 is 1.19 bits per heavy atom. The van der Waals surface area contributed by atoms with Gasteiger partial charge in [0.05, 0.1) is 12.4 Å². The summed E-state index contributed by atoms with van der Waals surface area (Å²) >= 11 is 0. The molecule has 0 aliphatic carbocycles. The Balaban J connectivity index is 2.63. The molecule has 1 aromatic heterocycles. The molecule has 0 unspecified atom stereocenters. The topological polar surface area (TPSA) is 84.0 Å². The Morgan fingerprint density at radius 3 is 2.33 bits per heavy atom. The van der Waals surface area contributed by atoms with Crippen molar-refractivity contribution in [2.75, 3.05) is 18.9 Å². The first-order chi connectivity index (χ1) is 9.80. The van der Waals surface area contributed by atoms with E-state index in [0.717, 1.165) is 19.3 Å². The van der Waals surface area contributed by atoms with Gasteiger partial charge in [0.25, 0.3) is 0 Å². The smallest absolute Gasteiger partial charge is 0.243 e. The van der Waals surface area contributed by atoms with Crippen molar-refractivity contribution in [1.29, 1.82) is 0 Å². The van der Waals surface area contributed by atoms with Gasteiger partial charge in [-0.05, 0) is 11.8 Å². The number of hydrogen-bond donors (Lipinski definition) is 2. The van der Waals surface area contributed by atoms with Crippen LogP contribution in [0.3, 0.4) is 0 Å². The number of aromatic nitrogens is 2. The molecule has 0 atom stereocenters. The summed E-state index contributed by atoms with van der Waals surface area (Å²) in [5.41, 5.74) is -0.0615. The lowest BCUT2D eigenvalue weighted by atomic mass is 9.87. The zero-order valence-electron chi connectivity index (χ0n) is 13.3. The van der Waals surface area contributed by atoms with E-state index in [0.29, 0.717) is 12.5 Å². The minimum absolute atomic E-state index is 0.0615. The lowest BCUT2D eigenvalue weighted by Gasteiger charge is -2.24. The third-order valence-electron chi connectivity index (χ3n) is 3.36. The molecule has 1 rings (SSSR count). The molecule has 0 aliphatic heterocycles. The van der Waals surface area contributed by atoms with Gasteiger partial charge in [0.2, 0.25) is 16.0 Å². The van der Waals surface area contributed by atoms with Crippen molar-refractivity contribution in [2.45, 2.75) is 51.3 Å². The van der Waals surface area contributed by atoms with E-state index in [2.05, 4.69) is 40.8 Å². The summed E-state index contributed by atoms with van der Waals surface area (Å²) in [6.45, 7) is 6.72. The molecule has 0 radical (unpaired) electrons. The lowest BCUT2D eigenvalue weighted by Crippen LogP contribution is -2.34. The summed E-state index contributed by atoms with van der Waals surface area (Å²) in [6.07, 6.45) is 7.08. The molecule has 2 N–H and O–H groups in total. The van der Waals surface area contributed by atoms with Gasteiger partial charge in [-0.2, -0.15) is 0 Å². The van der Waals surface area contributed by atoms with E-state index in [1.165, 1.54) is 18.8 Å². The standard InChI is InChI=1S/C14H26N4O2S/c1-5-6-7-8-14(2,3)11-18-21(19,20)12-9-16-13(15-4)17-10-12/h9-10,18H,5-8,11H2,1-4H3,(H,15,16,17). The minimum Gasteiger partial charge on any atom is -0.357 e. The van der Waals surface area contributed by atoms with Crippen molar-refractivity contribution in [3.63, 3.8) is 0 Å². The van der Waals surface area contributed by atoms with Gasteiger partial charge < -0.3 is 5.32 Å². The number of anilines is 1. The van der Waals surface area contributed by atoms with Gasteiger partial charge in [-0.1, -0.05) is 40.0 Å². The van der Waals surface area contributed by atoms with Crippen LogP contribution >= 0.6 is 0 Å². The number of sulfonamides is 1. The summed E-state index contributed by atoms with van der Waals surface area (Å²) in [5, 5.41) is 2.75. The van der Waals surface area contributed by atoms with Crippen molar-refractivity contribution in [1.82, 2.24) is 14.7 Å². The third-order valence-corrected chi connectivity index (χ3v) is 4.72. The fourth-order valence-electron chi connectivity index (χ4n) is 1.90. The van der Waals surface area contributed by atoms with Crippen molar-refractivity contribution >= 4 is 16.0 Å². The van der Waals surface area contributed by atoms with E-state index in [1.54, 1.807) is 7.05 Å². The number of nitrogens with one attached hydrogen (secondary N) is 2. The van der Waals surface area contributed by atoms with Crippen LogP contribution in [-0.4, -0.2) is 32.0 Å². The number of nitrogens with zero attached hydrogens (tertiary/aromatic N) is 2. The average molecular weight is 314 g/mol. The molecule has 6 nitrogen and oxygen atoms in total. The normalized spacial score (nSPS) is 12.4. The summed E-state index contributed by atoms with van der Waals surface area (Å²) in [6, 6.07) is 0. The molecule has 0 saturated carbocycles. The van der Waals surface area contributed by atoms with Crippen molar-refractivity contribution in [3.05, 3.63) is 12.4 Å². The van der Waals surface area contributed by atoms with E-state index in [1.807, 2.05) is 0 Å². The van der Waals surface area contributed by atoms with Gasteiger partial charge in [-0.3, -0.25) is 0 Å². The van der Waals surface area contributed by atoms with Crippen molar-refractivity contribution < 1.29 is 8.42 Å². The average Bonchev–Trinajstić information content (AvgIpc) is 2.46. The second-order valence-corrected chi connectivity index (χ2v) is 7.71. The second kappa shape index (κ2) is 7.70. The lowest BCUT2D eigenvalue weighted by molar-refractivity contribution is 0.320. The van der Waals surface area contributed by atoms with E-state index >= 15 is 0 Å². The molecule has 120 valence electrons. The minimum atomic E-state index is -3.55. The molecule has 0 spiro atoms. The highest BCUT2D eigenvalue weighted by Crippen LogP contribution is 2.23. The third kappa shape index (κ3) is 5.97. The molecular formula is C14H26N4O2S. The van der Waals surface area contributed by atoms with Crippen LogP contribution in [0.15, 0.2) is 17.3 Å². The molecule has 0 bridgehead atoms. The van der Waals surface area contributed by atoms with Crippen LogP contribution in [0.1, 0.15) is 46.5 Å². The van der Waals surface area contributed by atoms with Crippen molar-refractivity contribution in [3.8, 4) is 0 Å². The quantitative estimate of drug-likeness (QED) is 0.684. The number of rotatable bonds is 9. The molecule has 0 aromatic carbocycles. The monoisotopic (exact) mass is 314 g/mol. The van der Waals surface area contributed by atoms with E-state index < -0.39 is 10.0 Å². The van der Waals surface area contributed by atoms with Crippen LogP contribution < -0.4 is 10.0 Å². The predicted molar refractivity (Wildman–Crippen MR) is 84.7 cm³/mol.